The Morgan fingerprint density at radius 1 is 1.29 bits per heavy atom. The van der Waals surface area contributed by atoms with Crippen LogP contribution in [0.5, 0.6) is 0 Å². The maximum Gasteiger partial charge on any atom is 0.234 e. The van der Waals surface area contributed by atoms with Gasteiger partial charge in [-0.05, 0) is 34.1 Å². The molecule has 0 aliphatic rings. The summed E-state index contributed by atoms with van der Waals surface area (Å²) in [6.07, 6.45) is 0. The van der Waals surface area contributed by atoms with Crippen LogP contribution in [0, 0.1) is 11.6 Å². The Morgan fingerprint density at radius 3 is 2.67 bits per heavy atom. The number of amides is 1. The van der Waals surface area contributed by atoms with Crippen molar-refractivity contribution < 1.29 is 13.6 Å². The van der Waals surface area contributed by atoms with Crippen molar-refractivity contribution in [3.8, 4) is 0 Å². The van der Waals surface area contributed by atoms with Crippen LogP contribution in [0.4, 0.5) is 14.5 Å². The zero-order valence-electron chi connectivity index (χ0n) is 10.5. The van der Waals surface area contributed by atoms with Crippen LogP contribution in [0.3, 0.4) is 0 Å². The van der Waals surface area contributed by atoms with Crippen molar-refractivity contribution in [2.75, 3.05) is 11.1 Å². The third-order valence-electron chi connectivity index (χ3n) is 2.47. The molecule has 0 fully saturated rings. The Hall–Kier alpha value is -1.11. The van der Waals surface area contributed by atoms with Crippen molar-refractivity contribution in [1.82, 2.24) is 0 Å². The Bertz CT molecular complexity index is 661. The van der Waals surface area contributed by atoms with Gasteiger partial charge in [-0.15, -0.1) is 11.8 Å². The number of halogens is 4. The maximum absolute atomic E-state index is 13.6. The SMILES string of the molecule is O=C(CSc1ccccc1Cl)Nc1c(F)cc(F)cc1Br. The van der Waals surface area contributed by atoms with E-state index in [0.29, 0.717) is 11.1 Å². The molecule has 0 aliphatic carbocycles. The highest BCUT2D eigenvalue weighted by Gasteiger charge is 2.13. The number of hydrogen-bond donors (Lipinski definition) is 1. The van der Waals surface area contributed by atoms with Crippen molar-refractivity contribution in [3.05, 3.63) is 57.5 Å². The second-order valence-electron chi connectivity index (χ2n) is 4.01. The number of rotatable bonds is 4. The molecule has 0 aliphatic heterocycles. The lowest BCUT2D eigenvalue weighted by Crippen LogP contribution is -2.15. The van der Waals surface area contributed by atoms with Gasteiger partial charge in [0.15, 0.2) is 5.82 Å². The molecule has 2 aromatic carbocycles. The van der Waals surface area contributed by atoms with Crippen LogP contribution in [-0.4, -0.2) is 11.7 Å². The molecule has 0 radical (unpaired) electrons. The lowest BCUT2D eigenvalue weighted by Gasteiger charge is -2.09. The minimum Gasteiger partial charge on any atom is -0.322 e. The molecule has 0 aromatic heterocycles. The summed E-state index contributed by atoms with van der Waals surface area (Å²) in [5.41, 5.74) is -0.0823. The summed E-state index contributed by atoms with van der Waals surface area (Å²) in [5, 5.41) is 2.95. The smallest absolute Gasteiger partial charge is 0.234 e. The van der Waals surface area contributed by atoms with E-state index >= 15 is 0 Å². The van der Waals surface area contributed by atoms with E-state index < -0.39 is 17.5 Å². The molecule has 0 bridgehead atoms. The van der Waals surface area contributed by atoms with E-state index in [9.17, 15) is 13.6 Å². The minimum absolute atomic E-state index is 0.0625. The largest absolute Gasteiger partial charge is 0.322 e. The fourth-order valence-electron chi connectivity index (χ4n) is 1.54. The van der Waals surface area contributed by atoms with Crippen molar-refractivity contribution >= 4 is 50.9 Å². The standard InChI is InChI=1S/C14H9BrClF2NOS/c15-9-5-8(17)6-11(18)14(9)19-13(20)7-21-12-4-2-1-3-10(12)16/h1-6H,7H2,(H,19,20). The topological polar surface area (TPSA) is 29.1 Å². The number of thioether (sulfide) groups is 1. The number of anilines is 1. The quantitative estimate of drug-likeness (QED) is 0.733. The molecule has 7 heteroatoms. The van der Waals surface area contributed by atoms with E-state index in [0.717, 1.165) is 11.0 Å². The molecule has 0 unspecified atom stereocenters. The third kappa shape index (κ3) is 4.43. The van der Waals surface area contributed by atoms with Gasteiger partial charge in [-0.2, -0.15) is 0 Å². The monoisotopic (exact) mass is 391 g/mol. The van der Waals surface area contributed by atoms with E-state index in [4.69, 9.17) is 11.6 Å². The molecule has 21 heavy (non-hydrogen) atoms. The van der Waals surface area contributed by atoms with Crippen molar-refractivity contribution in [1.29, 1.82) is 0 Å². The Kier molecular flexibility index (Phi) is 5.61. The van der Waals surface area contributed by atoms with Crippen molar-refractivity contribution in [2.45, 2.75) is 4.90 Å². The van der Waals surface area contributed by atoms with Gasteiger partial charge >= 0.3 is 0 Å². The molecular weight excluding hydrogens is 384 g/mol. The first-order valence-corrected chi connectivity index (χ1v) is 7.95. The van der Waals surface area contributed by atoms with Crippen LogP contribution in [0.2, 0.25) is 5.02 Å². The summed E-state index contributed by atoms with van der Waals surface area (Å²) in [6.45, 7) is 0. The number of carbonyl (C=O) groups is 1. The summed E-state index contributed by atoms with van der Waals surface area (Å²) in [5.74, 6) is -1.90. The van der Waals surface area contributed by atoms with Crippen LogP contribution in [0.1, 0.15) is 0 Å². The van der Waals surface area contributed by atoms with Gasteiger partial charge in [0.05, 0.1) is 16.5 Å². The average molecular weight is 393 g/mol. The number of hydrogen-bond acceptors (Lipinski definition) is 2. The Morgan fingerprint density at radius 2 is 2.00 bits per heavy atom. The maximum atomic E-state index is 13.6. The lowest BCUT2D eigenvalue weighted by molar-refractivity contribution is -0.113. The fraction of sp³-hybridized carbons (Fsp3) is 0.0714. The molecule has 1 N–H and O–H groups in total. The van der Waals surface area contributed by atoms with Gasteiger partial charge in [-0.25, -0.2) is 8.78 Å². The summed E-state index contributed by atoms with van der Waals surface area (Å²) in [7, 11) is 0. The van der Waals surface area contributed by atoms with Crippen LogP contribution in [0.15, 0.2) is 45.8 Å². The molecule has 0 spiro atoms. The van der Waals surface area contributed by atoms with Crippen LogP contribution in [-0.2, 0) is 4.79 Å². The van der Waals surface area contributed by atoms with Gasteiger partial charge in [0.2, 0.25) is 5.91 Å². The molecule has 2 rings (SSSR count). The predicted octanol–water partition coefficient (Wildman–Crippen LogP) is 5.11. The molecule has 0 atom stereocenters. The Labute approximate surface area is 138 Å². The predicted molar refractivity (Wildman–Crippen MR) is 84.9 cm³/mol. The molecule has 0 saturated heterocycles. The van der Waals surface area contributed by atoms with E-state index in [2.05, 4.69) is 21.2 Å². The zero-order chi connectivity index (χ0) is 15.4. The van der Waals surface area contributed by atoms with E-state index in [-0.39, 0.29) is 15.9 Å². The van der Waals surface area contributed by atoms with E-state index in [1.54, 1.807) is 18.2 Å². The highest BCUT2D eigenvalue weighted by atomic mass is 79.9. The van der Waals surface area contributed by atoms with Crippen molar-refractivity contribution in [2.24, 2.45) is 0 Å². The molecule has 0 heterocycles. The van der Waals surface area contributed by atoms with E-state index in [1.165, 1.54) is 11.8 Å². The molecule has 110 valence electrons. The molecule has 0 saturated carbocycles. The molecular formula is C14H9BrClF2NOS. The van der Waals surface area contributed by atoms with E-state index in [1.807, 2.05) is 6.07 Å². The summed E-state index contributed by atoms with van der Waals surface area (Å²) in [6, 6.07) is 8.90. The summed E-state index contributed by atoms with van der Waals surface area (Å²) in [4.78, 5) is 12.6. The van der Waals surface area contributed by atoms with Crippen LogP contribution >= 0.6 is 39.3 Å². The summed E-state index contributed by atoms with van der Waals surface area (Å²) < 4.78 is 26.7. The second kappa shape index (κ2) is 7.24. The fourth-order valence-corrected chi connectivity index (χ4v) is 3.09. The van der Waals surface area contributed by atoms with Gasteiger partial charge < -0.3 is 5.32 Å². The first-order valence-electron chi connectivity index (χ1n) is 5.79. The van der Waals surface area contributed by atoms with Gasteiger partial charge in [0, 0.05) is 15.4 Å². The third-order valence-corrected chi connectivity index (χ3v) is 4.61. The Balaban J connectivity index is 2.01. The first-order chi connectivity index (χ1) is 9.97. The van der Waals surface area contributed by atoms with Gasteiger partial charge in [-0.3, -0.25) is 4.79 Å². The summed E-state index contributed by atoms with van der Waals surface area (Å²) >= 11 is 10.2. The zero-order valence-corrected chi connectivity index (χ0v) is 13.7. The number of nitrogens with one attached hydrogen (secondary N) is 1. The van der Waals surface area contributed by atoms with Gasteiger partial charge in [0.25, 0.3) is 0 Å². The van der Waals surface area contributed by atoms with Crippen LogP contribution in [0.25, 0.3) is 0 Å². The second-order valence-corrected chi connectivity index (χ2v) is 6.29. The van der Waals surface area contributed by atoms with Crippen LogP contribution < -0.4 is 5.32 Å². The molecule has 2 nitrogen and oxygen atoms in total. The van der Waals surface area contributed by atoms with Gasteiger partial charge in [-0.1, -0.05) is 23.7 Å². The highest BCUT2D eigenvalue weighted by molar-refractivity contribution is 9.10. The lowest BCUT2D eigenvalue weighted by atomic mass is 10.3. The number of carbonyl (C=O) groups excluding carboxylic acids is 1. The normalized spacial score (nSPS) is 10.5. The highest BCUT2D eigenvalue weighted by Crippen LogP contribution is 2.29. The minimum atomic E-state index is -0.835. The number of benzene rings is 2. The first kappa shape index (κ1) is 16.3. The molecule has 1 amide bonds. The average Bonchev–Trinajstić information content (AvgIpc) is 2.42. The van der Waals surface area contributed by atoms with Crippen molar-refractivity contribution in [3.63, 3.8) is 0 Å². The molecule has 2 aromatic rings. The van der Waals surface area contributed by atoms with Gasteiger partial charge in [0.1, 0.15) is 5.82 Å².